The van der Waals surface area contributed by atoms with E-state index < -0.39 is 29.4 Å². The maximum atomic E-state index is 11.1. The second-order valence-electron chi connectivity index (χ2n) is 3.76. The van der Waals surface area contributed by atoms with Gasteiger partial charge in [0.05, 0.1) is 0 Å². The van der Waals surface area contributed by atoms with Crippen molar-refractivity contribution in [3.05, 3.63) is 23.8 Å². The number of carboxylic acids is 1. The van der Waals surface area contributed by atoms with Gasteiger partial charge >= 0.3 is 17.9 Å². The average Bonchev–Trinajstić information content (AvgIpc) is 2.36. The Hall–Kier alpha value is -3.03. The van der Waals surface area contributed by atoms with E-state index in [1.165, 1.54) is 6.07 Å². The van der Waals surface area contributed by atoms with E-state index in [9.17, 15) is 19.5 Å². The van der Waals surface area contributed by atoms with Gasteiger partial charge in [0.25, 0.3) is 5.75 Å². The summed E-state index contributed by atoms with van der Waals surface area (Å²) in [5.74, 6) is -3.92. The van der Waals surface area contributed by atoms with Crippen LogP contribution in [0.15, 0.2) is 18.2 Å². The van der Waals surface area contributed by atoms with E-state index in [1.54, 1.807) is 0 Å². The van der Waals surface area contributed by atoms with Crippen LogP contribution in [-0.4, -0.2) is 28.1 Å². The average molecular weight is 296 g/mol. The quantitative estimate of drug-likeness (QED) is 0.274. The highest BCUT2D eigenvalue weighted by molar-refractivity contribution is 5.87. The number of hydrogen-bond donors (Lipinski definition) is 2. The van der Waals surface area contributed by atoms with E-state index in [-0.39, 0.29) is 11.3 Å². The van der Waals surface area contributed by atoms with Crippen molar-refractivity contribution in [2.75, 3.05) is 0 Å². The van der Waals surface area contributed by atoms with Crippen molar-refractivity contribution in [1.82, 2.24) is 0 Å². The molecule has 0 saturated heterocycles. The normalized spacial score (nSPS) is 10.2. The molecule has 0 aromatic heterocycles. The number of benzene rings is 1. The Morgan fingerprint density at radius 3 is 2.29 bits per heavy atom. The zero-order valence-electron chi connectivity index (χ0n) is 11.2. The minimum absolute atomic E-state index is 0.132. The first-order valence-corrected chi connectivity index (χ1v) is 5.61. The fourth-order valence-corrected chi connectivity index (χ4v) is 1.29. The lowest BCUT2D eigenvalue weighted by Gasteiger charge is -2.12. The molecular formula is C13H12O8. The number of hydrogen-bond acceptors (Lipinski definition) is 7. The van der Waals surface area contributed by atoms with Gasteiger partial charge in [-0.2, -0.15) is 0 Å². The number of carboxylic acid groups (broad SMARTS) is 1. The van der Waals surface area contributed by atoms with Crippen LogP contribution in [0, 0.1) is 0 Å². The van der Waals surface area contributed by atoms with Crippen LogP contribution in [0.2, 0.25) is 0 Å². The summed E-state index contributed by atoms with van der Waals surface area (Å²) in [4.78, 5) is 41.3. The summed E-state index contributed by atoms with van der Waals surface area (Å²) in [6.45, 7) is 2.17. The summed E-state index contributed by atoms with van der Waals surface area (Å²) in [6, 6.07) is 2.46. The largest absolute Gasteiger partial charge is 0.504 e. The van der Waals surface area contributed by atoms with E-state index in [1.807, 2.05) is 0 Å². The van der Waals surface area contributed by atoms with Gasteiger partial charge in [-0.15, -0.1) is 0 Å². The van der Waals surface area contributed by atoms with Gasteiger partial charge in [-0.25, -0.2) is 9.59 Å². The Balaban J connectivity index is 3.30. The minimum Gasteiger partial charge on any atom is -0.504 e. The Kier molecular flexibility index (Phi) is 5.30. The van der Waals surface area contributed by atoms with Crippen LogP contribution < -0.4 is 9.62 Å². The van der Waals surface area contributed by atoms with Crippen molar-refractivity contribution in [2.24, 2.45) is 0 Å². The van der Waals surface area contributed by atoms with Gasteiger partial charge in [0.15, 0.2) is 11.5 Å². The van der Waals surface area contributed by atoms with Crippen LogP contribution in [0.4, 0.5) is 0 Å². The summed E-state index contributed by atoms with van der Waals surface area (Å²) >= 11 is 0. The van der Waals surface area contributed by atoms with Gasteiger partial charge in [-0.3, -0.25) is 14.6 Å². The van der Waals surface area contributed by atoms with E-state index in [0.29, 0.717) is 0 Å². The summed E-state index contributed by atoms with van der Waals surface area (Å²) in [7, 11) is 0. The highest BCUT2D eigenvalue weighted by Gasteiger charge is 2.19. The van der Waals surface area contributed by atoms with Gasteiger partial charge in [0, 0.05) is 25.5 Å². The number of aliphatic carboxylic acids is 1. The molecule has 112 valence electrons. The molecule has 0 saturated carbocycles. The molecule has 8 nitrogen and oxygen atoms in total. The molecule has 2 N–H and O–H groups in total. The van der Waals surface area contributed by atoms with Crippen molar-refractivity contribution in [2.45, 2.75) is 13.8 Å². The molecule has 0 bridgehead atoms. The van der Waals surface area contributed by atoms with E-state index in [2.05, 4.69) is 9.78 Å². The molecule has 0 aliphatic heterocycles. The van der Waals surface area contributed by atoms with Crippen LogP contribution >= 0.6 is 0 Å². The highest BCUT2D eigenvalue weighted by atomic mass is 17.2. The van der Waals surface area contributed by atoms with Crippen LogP contribution in [0.3, 0.4) is 0 Å². The van der Waals surface area contributed by atoms with Gasteiger partial charge < -0.3 is 14.9 Å². The van der Waals surface area contributed by atoms with Crippen LogP contribution in [-0.2, 0) is 19.3 Å². The molecule has 1 aromatic carbocycles. The monoisotopic (exact) mass is 296 g/mol. The summed E-state index contributed by atoms with van der Waals surface area (Å²) in [5, 5.41) is 18.3. The molecule has 0 aliphatic rings. The molecule has 0 fully saturated rings. The van der Waals surface area contributed by atoms with Gasteiger partial charge in [0.2, 0.25) is 0 Å². The predicted molar refractivity (Wildman–Crippen MR) is 68.5 cm³/mol. The predicted octanol–water partition coefficient (Wildman–Crippen LogP) is 1.27. The third kappa shape index (κ3) is 4.86. The number of esters is 1. The molecule has 0 atom stereocenters. The SMILES string of the molecule is CC(=O)OOc1c(O)ccc(C=CC(=O)O)c1OC(C)=O. The maximum Gasteiger partial charge on any atom is 0.352 e. The van der Waals surface area contributed by atoms with Crippen LogP contribution in [0.5, 0.6) is 17.2 Å². The van der Waals surface area contributed by atoms with Crippen molar-refractivity contribution in [1.29, 1.82) is 0 Å². The van der Waals surface area contributed by atoms with Gasteiger partial charge in [0.1, 0.15) is 0 Å². The van der Waals surface area contributed by atoms with Crippen molar-refractivity contribution < 1.29 is 39.1 Å². The Morgan fingerprint density at radius 1 is 1.10 bits per heavy atom. The first kappa shape index (κ1) is 16.0. The van der Waals surface area contributed by atoms with Crippen molar-refractivity contribution in [3.8, 4) is 17.2 Å². The molecule has 0 amide bonds. The Bertz CT molecular complexity index is 602. The molecule has 0 radical (unpaired) electrons. The second kappa shape index (κ2) is 6.94. The van der Waals surface area contributed by atoms with Gasteiger partial charge in [-0.1, -0.05) is 0 Å². The molecule has 0 aliphatic carbocycles. The van der Waals surface area contributed by atoms with E-state index in [4.69, 9.17) is 9.84 Å². The fourth-order valence-electron chi connectivity index (χ4n) is 1.29. The first-order valence-electron chi connectivity index (χ1n) is 5.61. The lowest BCUT2D eigenvalue weighted by atomic mass is 10.1. The number of ether oxygens (including phenoxy) is 1. The molecule has 1 aromatic rings. The number of carbonyl (C=O) groups excluding carboxylic acids is 2. The zero-order valence-corrected chi connectivity index (χ0v) is 11.2. The van der Waals surface area contributed by atoms with E-state index >= 15 is 0 Å². The molecule has 1 rings (SSSR count). The zero-order chi connectivity index (χ0) is 16.0. The maximum absolute atomic E-state index is 11.1. The Labute approximate surface area is 119 Å². The van der Waals surface area contributed by atoms with Crippen LogP contribution in [0.25, 0.3) is 6.08 Å². The number of aromatic hydroxyl groups is 1. The molecule has 21 heavy (non-hydrogen) atoms. The molecular weight excluding hydrogens is 284 g/mol. The van der Waals surface area contributed by atoms with E-state index in [0.717, 1.165) is 32.1 Å². The lowest BCUT2D eigenvalue weighted by Crippen LogP contribution is -2.08. The fraction of sp³-hybridized carbons (Fsp3) is 0.154. The number of phenolic OH excluding ortho intramolecular Hbond substituents is 1. The minimum atomic E-state index is -1.22. The Morgan fingerprint density at radius 2 is 1.76 bits per heavy atom. The standard InChI is InChI=1S/C13H12O8/c1-7(14)19-12-9(4-6-11(17)18)3-5-10(16)13(12)21-20-8(2)15/h3-6,16H,1-2H3,(H,17,18). The highest BCUT2D eigenvalue weighted by Crippen LogP contribution is 2.40. The summed E-state index contributed by atoms with van der Waals surface area (Å²) < 4.78 is 4.86. The number of carbonyl (C=O) groups is 3. The summed E-state index contributed by atoms with van der Waals surface area (Å²) in [5.41, 5.74) is 0.132. The molecule has 0 spiro atoms. The van der Waals surface area contributed by atoms with Crippen molar-refractivity contribution in [3.63, 3.8) is 0 Å². The molecule has 8 heteroatoms. The number of rotatable bonds is 5. The summed E-state index contributed by atoms with van der Waals surface area (Å²) in [6.07, 6.45) is 1.93. The van der Waals surface area contributed by atoms with Crippen LogP contribution in [0.1, 0.15) is 19.4 Å². The van der Waals surface area contributed by atoms with Gasteiger partial charge in [-0.05, 0) is 18.2 Å². The third-order valence-electron chi connectivity index (χ3n) is 2.02. The second-order valence-corrected chi connectivity index (χ2v) is 3.76. The number of phenols is 1. The molecule has 0 heterocycles. The lowest BCUT2D eigenvalue weighted by molar-refractivity contribution is -0.211. The van der Waals surface area contributed by atoms with Crippen molar-refractivity contribution >= 4 is 24.0 Å². The molecule has 0 unspecified atom stereocenters. The first-order chi connectivity index (χ1) is 9.81. The topological polar surface area (TPSA) is 119 Å². The smallest absolute Gasteiger partial charge is 0.352 e. The third-order valence-corrected chi connectivity index (χ3v) is 2.02.